The average Bonchev–Trinajstić information content (AvgIpc) is 2.46. The largest absolute Gasteiger partial charge is 0.469 e. The quantitative estimate of drug-likeness (QED) is 0.735. The molecule has 0 saturated carbocycles. The van der Waals surface area contributed by atoms with Crippen molar-refractivity contribution in [3.63, 3.8) is 0 Å². The Bertz CT molecular complexity index is 433. The minimum atomic E-state index is -0.237. The lowest BCUT2D eigenvalue weighted by Gasteiger charge is -2.31. The number of carbonyl (C=O) groups is 2. The Morgan fingerprint density at radius 2 is 2.33 bits per heavy atom. The zero-order chi connectivity index (χ0) is 13.0. The summed E-state index contributed by atoms with van der Waals surface area (Å²) in [6.45, 7) is 1.11. The van der Waals surface area contributed by atoms with E-state index in [1.165, 1.54) is 7.11 Å². The number of likely N-dealkylation sites (tertiary alicyclic amines) is 1. The van der Waals surface area contributed by atoms with E-state index >= 15 is 0 Å². The second-order valence-electron chi connectivity index (χ2n) is 4.36. The van der Waals surface area contributed by atoms with Gasteiger partial charge >= 0.3 is 5.97 Å². The molecule has 1 atom stereocenters. The molecule has 0 spiro atoms. The molecule has 2 heterocycles. The number of esters is 1. The van der Waals surface area contributed by atoms with Crippen LogP contribution < -0.4 is 0 Å². The van der Waals surface area contributed by atoms with Gasteiger partial charge in [-0.1, -0.05) is 0 Å². The standard InChI is InChI=1S/C13H16N2O3/c1-18-13(17)11-5-3-7-15(9-11)12(16)10-4-2-6-14-8-10/h2,4,6,8,11H,3,5,7,9H2,1H3. The molecule has 0 N–H and O–H groups in total. The maximum Gasteiger partial charge on any atom is 0.310 e. The van der Waals surface area contributed by atoms with Gasteiger partial charge in [0.15, 0.2) is 0 Å². The van der Waals surface area contributed by atoms with E-state index in [0.717, 1.165) is 12.8 Å². The molecule has 1 aromatic heterocycles. The Hall–Kier alpha value is -1.91. The van der Waals surface area contributed by atoms with E-state index in [4.69, 9.17) is 4.74 Å². The molecular weight excluding hydrogens is 232 g/mol. The molecule has 0 bridgehead atoms. The predicted molar refractivity (Wildman–Crippen MR) is 64.9 cm³/mol. The van der Waals surface area contributed by atoms with Gasteiger partial charge in [0.1, 0.15) is 0 Å². The maximum atomic E-state index is 12.2. The maximum absolute atomic E-state index is 12.2. The summed E-state index contributed by atoms with van der Waals surface area (Å²) >= 11 is 0. The van der Waals surface area contributed by atoms with Gasteiger partial charge in [0, 0.05) is 25.5 Å². The van der Waals surface area contributed by atoms with E-state index < -0.39 is 0 Å². The van der Waals surface area contributed by atoms with E-state index in [0.29, 0.717) is 18.7 Å². The van der Waals surface area contributed by atoms with Crippen molar-refractivity contribution in [1.29, 1.82) is 0 Å². The van der Waals surface area contributed by atoms with Crippen molar-refractivity contribution >= 4 is 11.9 Å². The van der Waals surface area contributed by atoms with Crippen LogP contribution in [0.4, 0.5) is 0 Å². The fourth-order valence-electron chi connectivity index (χ4n) is 2.19. The van der Waals surface area contributed by atoms with Gasteiger partial charge in [-0.15, -0.1) is 0 Å². The predicted octanol–water partition coefficient (Wildman–Crippen LogP) is 1.11. The Balaban J connectivity index is 2.05. The fourth-order valence-corrected chi connectivity index (χ4v) is 2.19. The smallest absolute Gasteiger partial charge is 0.310 e. The first-order valence-electron chi connectivity index (χ1n) is 5.99. The highest BCUT2D eigenvalue weighted by molar-refractivity contribution is 5.94. The lowest BCUT2D eigenvalue weighted by atomic mass is 9.97. The summed E-state index contributed by atoms with van der Waals surface area (Å²) in [5.41, 5.74) is 0.558. The second-order valence-corrected chi connectivity index (χ2v) is 4.36. The Morgan fingerprint density at radius 3 is 3.00 bits per heavy atom. The fraction of sp³-hybridized carbons (Fsp3) is 0.462. The van der Waals surface area contributed by atoms with Crippen LogP contribution >= 0.6 is 0 Å². The van der Waals surface area contributed by atoms with Crippen molar-refractivity contribution in [1.82, 2.24) is 9.88 Å². The Labute approximate surface area is 106 Å². The van der Waals surface area contributed by atoms with Crippen molar-refractivity contribution in [2.45, 2.75) is 12.8 Å². The highest BCUT2D eigenvalue weighted by Gasteiger charge is 2.29. The lowest BCUT2D eigenvalue weighted by molar-refractivity contribution is -0.146. The summed E-state index contributed by atoms with van der Waals surface area (Å²) in [6.07, 6.45) is 4.78. The number of nitrogens with zero attached hydrogens (tertiary/aromatic N) is 2. The molecule has 5 nitrogen and oxygen atoms in total. The van der Waals surface area contributed by atoms with Crippen molar-refractivity contribution in [3.05, 3.63) is 30.1 Å². The molecule has 1 aromatic rings. The van der Waals surface area contributed by atoms with Gasteiger partial charge in [0.05, 0.1) is 18.6 Å². The number of hydrogen-bond donors (Lipinski definition) is 0. The van der Waals surface area contributed by atoms with Gasteiger partial charge in [-0.05, 0) is 25.0 Å². The van der Waals surface area contributed by atoms with Crippen molar-refractivity contribution < 1.29 is 14.3 Å². The average molecular weight is 248 g/mol. The second kappa shape index (κ2) is 5.62. The zero-order valence-corrected chi connectivity index (χ0v) is 10.3. The molecule has 1 amide bonds. The molecular formula is C13H16N2O3. The normalized spacial score (nSPS) is 19.4. The molecule has 0 aromatic carbocycles. The van der Waals surface area contributed by atoms with Gasteiger partial charge in [-0.2, -0.15) is 0 Å². The van der Waals surface area contributed by atoms with Gasteiger partial charge < -0.3 is 9.64 Å². The van der Waals surface area contributed by atoms with E-state index in [-0.39, 0.29) is 17.8 Å². The molecule has 96 valence electrons. The van der Waals surface area contributed by atoms with Crippen LogP contribution in [0.25, 0.3) is 0 Å². The highest BCUT2D eigenvalue weighted by atomic mass is 16.5. The molecule has 5 heteroatoms. The molecule has 0 radical (unpaired) electrons. The number of carbonyl (C=O) groups excluding carboxylic acids is 2. The van der Waals surface area contributed by atoms with Gasteiger partial charge in [0.25, 0.3) is 5.91 Å². The molecule has 1 aliphatic heterocycles. The number of amides is 1. The van der Waals surface area contributed by atoms with Crippen LogP contribution in [0, 0.1) is 5.92 Å². The van der Waals surface area contributed by atoms with Crippen LogP contribution in [0.2, 0.25) is 0 Å². The number of methoxy groups -OCH3 is 1. The molecule has 1 unspecified atom stereocenters. The van der Waals surface area contributed by atoms with Crippen molar-refractivity contribution in [2.75, 3.05) is 20.2 Å². The van der Waals surface area contributed by atoms with E-state index in [1.807, 2.05) is 0 Å². The number of piperidine rings is 1. The minimum absolute atomic E-state index is 0.0725. The summed E-state index contributed by atoms with van der Waals surface area (Å²) in [7, 11) is 1.38. The first-order chi connectivity index (χ1) is 8.72. The third-order valence-corrected chi connectivity index (χ3v) is 3.15. The number of hydrogen-bond acceptors (Lipinski definition) is 4. The van der Waals surface area contributed by atoms with Crippen LogP contribution in [0.15, 0.2) is 24.5 Å². The SMILES string of the molecule is COC(=O)C1CCCN(C(=O)c2cccnc2)C1. The van der Waals surface area contributed by atoms with Crippen LogP contribution in [0.5, 0.6) is 0 Å². The third kappa shape index (κ3) is 2.67. The minimum Gasteiger partial charge on any atom is -0.469 e. The van der Waals surface area contributed by atoms with Crippen molar-refractivity contribution in [3.8, 4) is 0 Å². The van der Waals surface area contributed by atoms with Gasteiger partial charge in [0.2, 0.25) is 0 Å². The Morgan fingerprint density at radius 1 is 1.50 bits per heavy atom. The molecule has 2 rings (SSSR count). The van der Waals surface area contributed by atoms with Crippen LogP contribution in [-0.2, 0) is 9.53 Å². The van der Waals surface area contributed by atoms with Gasteiger partial charge in [-0.25, -0.2) is 0 Å². The first kappa shape index (κ1) is 12.5. The van der Waals surface area contributed by atoms with Crippen LogP contribution in [0.3, 0.4) is 0 Å². The van der Waals surface area contributed by atoms with Crippen LogP contribution in [0.1, 0.15) is 23.2 Å². The molecule has 1 fully saturated rings. The summed E-state index contributed by atoms with van der Waals surface area (Å²) in [4.78, 5) is 29.3. The summed E-state index contributed by atoms with van der Waals surface area (Å²) in [6, 6.07) is 3.46. The molecule has 0 aliphatic carbocycles. The number of rotatable bonds is 2. The lowest BCUT2D eigenvalue weighted by Crippen LogP contribution is -2.42. The topological polar surface area (TPSA) is 59.5 Å². The summed E-state index contributed by atoms with van der Waals surface area (Å²) < 4.78 is 4.73. The van der Waals surface area contributed by atoms with E-state index in [1.54, 1.807) is 29.4 Å². The molecule has 1 aliphatic rings. The van der Waals surface area contributed by atoms with Crippen LogP contribution in [-0.4, -0.2) is 42.0 Å². The first-order valence-corrected chi connectivity index (χ1v) is 5.99. The zero-order valence-electron chi connectivity index (χ0n) is 10.3. The number of aromatic nitrogens is 1. The Kier molecular flexibility index (Phi) is 3.92. The third-order valence-electron chi connectivity index (χ3n) is 3.15. The summed E-state index contributed by atoms with van der Waals surface area (Å²) in [5, 5.41) is 0. The number of ether oxygens (including phenoxy) is 1. The van der Waals surface area contributed by atoms with E-state index in [9.17, 15) is 9.59 Å². The number of pyridine rings is 1. The summed E-state index contributed by atoms with van der Waals surface area (Å²) in [5.74, 6) is -0.514. The highest BCUT2D eigenvalue weighted by Crippen LogP contribution is 2.19. The molecule has 1 saturated heterocycles. The molecule has 18 heavy (non-hydrogen) atoms. The van der Waals surface area contributed by atoms with Gasteiger partial charge in [-0.3, -0.25) is 14.6 Å². The van der Waals surface area contributed by atoms with Crippen molar-refractivity contribution in [2.24, 2.45) is 5.92 Å². The van der Waals surface area contributed by atoms with E-state index in [2.05, 4.69) is 4.98 Å². The monoisotopic (exact) mass is 248 g/mol.